The standard InChI is InChI=1S/C11H15BrN2OS/c12-10-2-1-9(16-10)4-6-14-11(15)8-3-5-13-7-8/h1-2,8,13H,3-7H2,(H,14,15). The number of hydrogen-bond acceptors (Lipinski definition) is 3. The van der Waals surface area contributed by atoms with Crippen LogP contribution in [0.25, 0.3) is 0 Å². The van der Waals surface area contributed by atoms with Gasteiger partial charge in [0.05, 0.1) is 9.70 Å². The first-order valence-electron chi connectivity index (χ1n) is 5.48. The zero-order valence-electron chi connectivity index (χ0n) is 8.96. The van der Waals surface area contributed by atoms with Gasteiger partial charge in [0.15, 0.2) is 0 Å². The number of carbonyl (C=O) groups excluding carboxylic acids is 1. The van der Waals surface area contributed by atoms with Crippen molar-refractivity contribution < 1.29 is 4.79 Å². The molecule has 2 rings (SSSR count). The Morgan fingerprint density at radius 3 is 3.12 bits per heavy atom. The second-order valence-corrected chi connectivity index (χ2v) is 6.48. The Balaban J connectivity index is 1.69. The van der Waals surface area contributed by atoms with Crippen LogP contribution in [-0.4, -0.2) is 25.5 Å². The van der Waals surface area contributed by atoms with Crippen LogP contribution in [0.15, 0.2) is 15.9 Å². The van der Waals surface area contributed by atoms with E-state index in [0.717, 1.165) is 36.3 Å². The minimum atomic E-state index is 0.176. The molecule has 0 saturated carbocycles. The predicted molar refractivity (Wildman–Crippen MR) is 69.7 cm³/mol. The number of thiophene rings is 1. The molecule has 5 heteroatoms. The summed E-state index contributed by atoms with van der Waals surface area (Å²) in [5.41, 5.74) is 0. The van der Waals surface area contributed by atoms with Crippen LogP contribution in [0.4, 0.5) is 0 Å². The first kappa shape index (κ1) is 12.1. The molecule has 3 nitrogen and oxygen atoms in total. The number of amides is 1. The van der Waals surface area contributed by atoms with Crippen molar-refractivity contribution in [3.05, 3.63) is 20.8 Å². The molecule has 2 N–H and O–H groups in total. The first-order valence-corrected chi connectivity index (χ1v) is 7.09. The van der Waals surface area contributed by atoms with Gasteiger partial charge in [-0.2, -0.15) is 0 Å². The van der Waals surface area contributed by atoms with Gasteiger partial charge in [-0.25, -0.2) is 0 Å². The van der Waals surface area contributed by atoms with Crippen LogP contribution >= 0.6 is 27.3 Å². The fourth-order valence-electron chi connectivity index (χ4n) is 1.82. The number of rotatable bonds is 4. The summed E-state index contributed by atoms with van der Waals surface area (Å²) in [7, 11) is 0. The minimum absolute atomic E-state index is 0.176. The largest absolute Gasteiger partial charge is 0.355 e. The molecular formula is C11H15BrN2OS. The maximum atomic E-state index is 11.7. The second kappa shape index (κ2) is 5.80. The van der Waals surface area contributed by atoms with Gasteiger partial charge in [-0.1, -0.05) is 0 Å². The summed E-state index contributed by atoms with van der Waals surface area (Å²) >= 11 is 5.15. The van der Waals surface area contributed by atoms with Crippen LogP contribution in [0.1, 0.15) is 11.3 Å². The average Bonchev–Trinajstić information content (AvgIpc) is 2.89. The SMILES string of the molecule is O=C(NCCc1ccc(Br)s1)C1CCNC1. The van der Waals surface area contributed by atoms with Crippen LogP contribution in [0.3, 0.4) is 0 Å². The monoisotopic (exact) mass is 302 g/mol. The van der Waals surface area contributed by atoms with Crippen molar-refractivity contribution >= 4 is 33.2 Å². The van der Waals surface area contributed by atoms with Crippen LogP contribution in [0, 0.1) is 5.92 Å². The molecule has 1 amide bonds. The van der Waals surface area contributed by atoms with E-state index in [9.17, 15) is 4.79 Å². The average molecular weight is 303 g/mol. The molecule has 1 aliphatic heterocycles. The zero-order chi connectivity index (χ0) is 11.4. The van der Waals surface area contributed by atoms with Gasteiger partial charge in [-0.15, -0.1) is 11.3 Å². The number of nitrogens with one attached hydrogen (secondary N) is 2. The lowest BCUT2D eigenvalue weighted by Gasteiger charge is -2.08. The van der Waals surface area contributed by atoms with Gasteiger partial charge < -0.3 is 10.6 Å². The number of hydrogen-bond donors (Lipinski definition) is 2. The molecule has 1 saturated heterocycles. The maximum absolute atomic E-state index is 11.7. The molecule has 16 heavy (non-hydrogen) atoms. The smallest absolute Gasteiger partial charge is 0.224 e. The van der Waals surface area contributed by atoms with Crippen molar-refractivity contribution in [3.8, 4) is 0 Å². The summed E-state index contributed by atoms with van der Waals surface area (Å²) in [6, 6.07) is 4.14. The van der Waals surface area contributed by atoms with Crippen molar-refractivity contribution in [1.29, 1.82) is 0 Å². The number of halogens is 1. The highest BCUT2D eigenvalue weighted by Gasteiger charge is 2.21. The fraction of sp³-hybridized carbons (Fsp3) is 0.545. The van der Waals surface area contributed by atoms with Crippen molar-refractivity contribution in [2.45, 2.75) is 12.8 Å². The molecular weight excluding hydrogens is 288 g/mol. The highest BCUT2D eigenvalue weighted by Crippen LogP contribution is 2.22. The van der Waals surface area contributed by atoms with E-state index in [1.807, 2.05) is 6.07 Å². The second-order valence-electron chi connectivity index (χ2n) is 3.94. The highest BCUT2D eigenvalue weighted by molar-refractivity contribution is 9.11. The lowest BCUT2D eigenvalue weighted by molar-refractivity contribution is -0.124. The van der Waals surface area contributed by atoms with Crippen LogP contribution in [0.5, 0.6) is 0 Å². The number of carbonyl (C=O) groups is 1. The first-order chi connectivity index (χ1) is 7.75. The minimum Gasteiger partial charge on any atom is -0.355 e. The molecule has 1 fully saturated rings. The molecule has 0 radical (unpaired) electrons. The summed E-state index contributed by atoms with van der Waals surface area (Å²) in [6.45, 7) is 2.54. The van der Waals surface area contributed by atoms with Crippen molar-refractivity contribution in [1.82, 2.24) is 10.6 Å². The third kappa shape index (κ3) is 3.30. The Bertz CT molecular complexity index is 361. The normalized spacial score (nSPS) is 19.9. The van der Waals surface area contributed by atoms with Gasteiger partial charge in [0.1, 0.15) is 0 Å². The van der Waals surface area contributed by atoms with E-state index in [1.165, 1.54) is 4.88 Å². The van der Waals surface area contributed by atoms with Crippen molar-refractivity contribution in [2.24, 2.45) is 5.92 Å². The zero-order valence-corrected chi connectivity index (χ0v) is 11.4. The molecule has 1 aromatic heterocycles. The van der Waals surface area contributed by atoms with E-state index >= 15 is 0 Å². The van der Waals surface area contributed by atoms with Gasteiger partial charge in [-0.05, 0) is 47.4 Å². The highest BCUT2D eigenvalue weighted by atomic mass is 79.9. The van der Waals surface area contributed by atoms with Crippen molar-refractivity contribution in [2.75, 3.05) is 19.6 Å². The van der Waals surface area contributed by atoms with Gasteiger partial charge in [0, 0.05) is 18.0 Å². The summed E-state index contributed by atoms with van der Waals surface area (Å²) in [4.78, 5) is 13.0. The molecule has 1 atom stereocenters. The fourth-order valence-corrected chi connectivity index (χ4v) is 3.30. The molecule has 88 valence electrons. The Labute approximate surface area is 108 Å². The molecule has 0 bridgehead atoms. The van der Waals surface area contributed by atoms with Crippen molar-refractivity contribution in [3.63, 3.8) is 0 Å². The summed E-state index contributed by atoms with van der Waals surface area (Å²) in [5, 5.41) is 6.19. The Morgan fingerprint density at radius 2 is 2.50 bits per heavy atom. The quantitative estimate of drug-likeness (QED) is 0.890. The van der Waals surface area contributed by atoms with Crippen LogP contribution in [0.2, 0.25) is 0 Å². The topological polar surface area (TPSA) is 41.1 Å². The Hall–Kier alpha value is -0.390. The van der Waals surface area contributed by atoms with Crippen LogP contribution in [-0.2, 0) is 11.2 Å². The van der Waals surface area contributed by atoms with Gasteiger partial charge in [0.25, 0.3) is 0 Å². The maximum Gasteiger partial charge on any atom is 0.224 e. The third-order valence-electron chi connectivity index (χ3n) is 2.73. The Kier molecular flexibility index (Phi) is 4.37. The molecule has 2 heterocycles. The lowest BCUT2D eigenvalue weighted by Crippen LogP contribution is -2.33. The van der Waals surface area contributed by atoms with E-state index in [2.05, 4.69) is 32.6 Å². The van der Waals surface area contributed by atoms with Crippen LogP contribution < -0.4 is 10.6 Å². The summed E-state index contributed by atoms with van der Waals surface area (Å²) in [5.74, 6) is 0.371. The van der Waals surface area contributed by atoms with Gasteiger partial charge in [-0.3, -0.25) is 4.79 Å². The van der Waals surface area contributed by atoms with E-state index in [1.54, 1.807) is 11.3 Å². The van der Waals surface area contributed by atoms with E-state index in [-0.39, 0.29) is 11.8 Å². The molecule has 0 spiro atoms. The van der Waals surface area contributed by atoms with E-state index < -0.39 is 0 Å². The molecule has 1 unspecified atom stereocenters. The van der Waals surface area contributed by atoms with Gasteiger partial charge in [0.2, 0.25) is 5.91 Å². The molecule has 0 aliphatic carbocycles. The molecule has 0 aromatic carbocycles. The van der Waals surface area contributed by atoms with E-state index in [0.29, 0.717) is 0 Å². The van der Waals surface area contributed by atoms with E-state index in [4.69, 9.17) is 0 Å². The summed E-state index contributed by atoms with van der Waals surface area (Å²) in [6.07, 6.45) is 1.89. The van der Waals surface area contributed by atoms with Gasteiger partial charge >= 0.3 is 0 Å². The molecule has 1 aliphatic rings. The Morgan fingerprint density at radius 1 is 1.62 bits per heavy atom. The third-order valence-corrected chi connectivity index (χ3v) is 4.41. The molecule has 1 aromatic rings. The summed E-state index contributed by atoms with van der Waals surface area (Å²) < 4.78 is 1.15. The predicted octanol–water partition coefficient (Wildman–Crippen LogP) is 1.78. The lowest BCUT2D eigenvalue weighted by atomic mass is 10.1.